The van der Waals surface area contributed by atoms with Gasteiger partial charge in [0.25, 0.3) is 0 Å². The molecular weight excluding hydrogens is 436 g/mol. The van der Waals surface area contributed by atoms with Crippen LogP contribution in [-0.2, 0) is 19.1 Å². The number of hydrogen-bond donors (Lipinski definition) is 3. The Labute approximate surface area is 198 Å². The van der Waals surface area contributed by atoms with E-state index in [1.54, 1.807) is 12.2 Å². The first-order valence-corrected chi connectivity index (χ1v) is 11.3. The molecule has 0 aliphatic heterocycles. The number of fused-ring (bicyclic) bond motifs is 3. The van der Waals surface area contributed by atoms with E-state index in [9.17, 15) is 19.5 Å². The summed E-state index contributed by atoms with van der Waals surface area (Å²) in [5, 5.41) is 14.6. The SMILES string of the molecule is COC[C@H](NC(=O)OCC1c2ccccc2-c2ccccc21)C(=O)N[C@@H]1C=CC[C@@H](C(=O)O)C1. The standard InChI is InChI=1S/C26H28N2O6/c1-33-15-23(24(29)27-17-8-6-7-16(13-17)25(30)31)28-26(32)34-14-22-20-11-4-2-9-18(20)19-10-3-5-12-21(19)22/h2-6,8-12,16-17,22-23H,7,13-15H2,1H3,(H,27,29)(H,28,32)(H,30,31)/t16-,17-,23+/m1/s1. The van der Waals surface area contributed by atoms with E-state index >= 15 is 0 Å². The number of allylic oxidation sites excluding steroid dienone is 1. The molecule has 178 valence electrons. The molecule has 0 fully saturated rings. The van der Waals surface area contributed by atoms with Gasteiger partial charge in [-0.3, -0.25) is 9.59 Å². The Morgan fingerprint density at radius 1 is 1.06 bits per heavy atom. The zero-order chi connectivity index (χ0) is 24.1. The molecule has 0 aromatic heterocycles. The lowest BCUT2D eigenvalue weighted by atomic mass is 9.91. The highest BCUT2D eigenvalue weighted by Gasteiger charge is 2.31. The molecule has 2 amide bonds. The monoisotopic (exact) mass is 464 g/mol. The molecule has 0 heterocycles. The molecule has 0 bridgehead atoms. The van der Waals surface area contributed by atoms with Gasteiger partial charge in [0.15, 0.2) is 0 Å². The van der Waals surface area contributed by atoms with Crippen molar-refractivity contribution >= 4 is 18.0 Å². The Kier molecular flexibility index (Phi) is 7.27. The first-order chi connectivity index (χ1) is 16.5. The summed E-state index contributed by atoms with van der Waals surface area (Å²) in [4.78, 5) is 36.6. The minimum atomic E-state index is -0.973. The van der Waals surface area contributed by atoms with Gasteiger partial charge in [-0.15, -0.1) is 0 Å². The summed E-state index contributed by atoms with van der Waals surface area (Å²) in [7, 11) is 1.43. The van der Waals surface area contributed by atoms with E-state index in [1.165, 1.54) is 7.11 Å². The van der Waals surface area contributed by atoms with Crippen molar-refractivity contribution in [2.45, 2.75) is 30.8 Å². The van der Waals surface area contributed by atoms with Gasteiger partial charge in [-0.05, 0) is 35.1 Å². The number of rotatable bonds is 8. The van der Waals surface area contributed by atoms with Crippen LogP contribution in [0, 0.1) is 5.92 Å². The fourth-order valence-corrected chi connectivity index (χ4v) is 4.61. The first kappa shape index (κ1) is 23.5. The summed E-state index contributed by atoms with van der Waals surface area (Å²) < 4.78 is 10.6. The van der Waals surface area contributed by atoms with Crippen LogP contribution in [0.25, 0.3) is 11.1 Å². The highest BCUT2D eigenvalue weighted by molar-refractivity contribution is 5.86. The number of carbonyl (C=O) groups excluding carboxylic acids is 2. The molecule has 4 rings (SSSR count). The zero-order valence-corrected chi connectivity index (χ0v) is 18.9. The van der Waals surface area contributed by atoms with E-state index in [2.05, 4.69) is 22.8 Å². The Morgan fingerprint density at radius 3 is 2.32 bits per heavy atom. The van der Waals surface area contributed by atoms with Gasteiger partial charge in [-0.25, -0.2) is 4.79 Å². The normalized spacial score (nSPS) is 19.6. The summed E-state index contributed by atoms with van der Waals surface area (Å²) in [5.41, 5.74) is 4.45. The number of methoxy groups -OCH3 is 1. The Balaban J connectivity index is 1.36. The van der Waals surface area contributed by atoms with E-state index in [0.717, 1.165) is 22.3 Å². The molecule has 2 aliphatic rings. The molecule has 2 aromatic carbocycles. The van der Waals surface area contributed by atoms with E-state index in [-0.39, 0.29) is 19.1 Å². The van der Waals surface area contributed by atoms with Crippen molar-refractivity contribution in [3.8, 4) is 11.1 Å². The number of carboxylic acids is 1. The summed E-state index contributed by atoms with van der Waals surface area (Å²) in [6.45, 7) is 0.0850. The third kappa shape index (κ3) is 5.12. The molecule has 0 spiro atoms. The number of alkyl carbamates (subject to hydrolysis) is 1. The minimum absolute atomic E-state index is 0.0468. The van der Waals surface area contributed by atoms with Gasteiger partial charge in [-0.2, -0.15) is 0 Å². The number of benzene rings is 2. The molecule has 34 heavy (non-hydrogen) atoms. The van der Waals surface area contributed by atoms with Crippen LogP contribution in [0.3, 0.4) is 0 Å². The van der Waals surface area contributed by atoms with Gasteiger partial charge in [0.2, 0.25) is 5.91 Å². The van der Waals surface area contributed by atoms with Crippen molar-refractivity contribution in [2.24, 2.45) is 5.92 Å². The van der Waals surface area contributed by atoms with E-state index < -0.39 is 36.0 Å². The van der Waals surface area contributed by atoms with Gasteiger partial charge in [0.05, 0.1) is 12.5 Å². The fourth-order valence-electron chi connectivity index (χ4n) is 4.61. The second-order valence-corrected chi connectivity index (χ2v) is 8.53. The highest BCUT2D eigenvalue weighted by atomic mass is 16.5. The number of carbonyl (C=O) groups is 3. The summed E-state index contributed by atoms with van der Waals surface area (Å²) in [6.07, 6.45) is 3.52. The fraction of sp³-hybridized carbons (Fsp3) is 0.346. The quantitative estimate of drug-likeness (QED) is 0.518. The predicted octanol–water partition coefficient (Wildman–Crippen LogP) is 3.08. The summed E-state index contributed by atoms with van der Waals surface area (Å²) in [6, 6.07) is 14.7. The average molecular weight is 465 g/mol. The van der Waals surface area contributed by atoms with Gasteiger partial charge in [0, 0.05) is 19.1 Å². The number of nitrogens with one attached hydrogen (secondary N) is 2. The Bertz CT molecular complexity index is 1050. The maximum atomic E-state index is 12.8. The number of aliphatic carboxylic acids is 1. The van der Waals surface area contributed by atoms with Crippen molar-refractivity contribution in [2.75, 3.05) is 20.3 Å². The number of amides is 2. The van der Waals surface area contributed by atoms with Crippen LogP contribution in [0.2, 0.25) is 0 Å². The van der Waals surface area contributed by atoms with Gasteiger partial charge in [0.1, 0.15) is 12.6 Å². The third-order valence-electron chi connectivity index (χ3n) is 6.29. The highest BCUT2D eigenvalue weighted by Crippen LogP contribution is 2.44. The smallest absolute Gasteiger partial charge is 0.407 e. The van der Waals surface area contributed by atoms with Crippen LogP contribution in [0.1, 0.15) is 29.9 Å². The molecule has 3 N–H and O–H groups in total. The van der Waals surface area contributed by atoms with E-state index in [4.69, 9.17) is 9.47 Å². The molecule has 0 unspecified atom stereocenters. The minimum Gasteiger partial charge on any atom is -0.481 e. The topological polar surface area (TPSA) is 114 Å². The number of carboxylic acid groups (broad SMARTS) is 1. The van der Waals surface area contributed by atoms with Crippen molar-refractivity contribution in [3.05, 3.63) is 71.8 Å². The lowest BCUT2D eigenvalue weighted by Gasteiger charge is -2.25. The summed E-state index contributed by atoms with van der Waals surface area (Å²) >= 11 is 0. The maximum absolute atomic E-state index is 12.8. The number of hydrogen-bond acceptors (Lipinski definition) is 5. The van der Waals surface area contributed by atoms with Crippen molar-refractivity contribution in [1.82, 2.24) is 10.6 Å². The Morgan fingerprint density at radius 2 is 1.71 bits per heavy atom. The number of ether oxygens (including phenoxy) is 2. The van der Waals surface area contributed by atoms with Crippen LogP contribution >= 0.6 is 0 Å². The van der Waals surface area contributed by atoms with Crippen LogP contribution in [0.4, 0.5) is 4.79 Å². The lowest BCUT2D eigenvalue weighted by molar-refractivity contribution is -0.142. The molecule has 0 saturated heterocycles. The molecule has 0 saturated carbocycles. The molecule has 8 heteroatoms. The largest absolute Gasteiger partial charge is 0.481 e. The second-order valence-electron chi connectivity index (χ2n) is 8.53. The third-order valence-corrected chi connectivity index (χ3v) is 6.29. The Hall–Kier alpha value is -3.65. The van der Waals surface area contributed by atoms with Crippen LogP contribution < -0.4 is 10.6 Å². The van der Waals surface area contributed by atoms with Crippen molar-refractivity contribution in [3.63, 3.8) is 0 Å². The van der Waals surface area contributed by atoms with Crippen LogP contribution in [0.5, 0.6) is 0 Å². The first-order valence-electron chi connectivity index (χ1n) is 11.3. The summed E-state index contributed by atoms with van der Waals surface area (Å²) in [5.74, 6) is -2.00. The zero-order valence-electron chi connectivity index (χ0n) is 18.9. The van der Waals surface area contributed by atoms with Gasteiger partial charge in [-0.1, -0.05) is 60.7 Å². The van der Waals surface area contributed by atoms with Crippen molar-refractivity contribution in [1.29, 1.82) is 0 Å². The molecular formula is C26H28N2O6. The molecule has 2 aliphatic carbocycles. The average Bonchev–Trinajstić information content (AvgIpc) is 3.16. The molecule has 3 atom stereocenters. The van der Waals surface area contributed by atoms with Crippen LogP contribution in [-0.4, -0.2) is 55.5 Å². The predicted molar refractivity (Wildman–Crippen MR) is 125 cm³/mol. The second kappa shape index (κ2) is 10.5. The van der Waals surface area contributed by atoms with Gasteiger partial charge >= 0.3 is 12.1 Å². The molecule has 0 radical (unpaired) electrons. The molecule has 8 nitrogen and oxygen atoms in total. The lowest BCUT2D eigenvalue weighted by Crippen LogP contribution is -2.52. The maximum Gasteiger partial charge on any atom is 0.407 e. The molecule has 2 aromatic rings. The van der Waals surface area contributed by atoms with E-state index in [1.807, 2.05) is 36.4 Å². The van der Waals surface area contributed by atoms with Crippen LogP contribution in [0.15, 0.2) is 60.7 Å². The van der Waals surface area contributed by atoms with E-state index in [0.29, 0.717) is 12.8 Å². The van der Waals surface area contributed by atoms with Gasteiger partial charge < -0.3 is 25.2 Å². The van der Waals surface area contributed by atoms with Crippen molar-refractivity contribution < 1.29 is 29.0 Å².